The van der Waals surface area contributed by atoms with Crippen molar-refractivity contribution < 1.29 is 14.4 Å². The van der Waals surface area contributed by atoms with Crippen LogP contribution in [0.5, 0.6) is 0 Å². The zero-order chi connectivity index (χ0) is 22.5. The van der Waals surface area contributed by atoms with Gasteiger partial charge in [-0.3, -0.25) is 4.79 Å². The largest absolute Gasteiger partial charge is 0.382 e. The molecular formula is C24H24N6O3. The van der Waals surface area contributed by atoms with E-state index in [0.717, 1.165) is 43.2 Å². The number of benzene rings is 2. The van der Waals surface area contributed by atoms with Gasteiger partial charge in [0.25, 0.3) is 5.91 Å². The van der Waals surface area contributed by atoms with Crippen LogP contribution in [0.4, 0.5) is 23.0 Å². The average Bonchev–Trinajstić information content (AvgIpc) is 3.41. The number of aromatic nitrogens is 2. The van der Waals surface area contributed by atoms with Crippen LogP contribution >= 0.6 is 0 Å². The van der Waals surface area contributed by atoms with Crippen molar-refractivity contribution in [2.24, 2.45) is 5.16 Å². The molecular weight excluding hydrogens is 420 g/mol. The average molecular weight is 444 g/mol. The van der Waals surface area contributed by atoms with Gasteiger partial charge in [-0.1, -0.05) is 17.3 Å². The molecule has 1 saturated heterocycles. The summed E-state index contributed by atoms with van der Waals surface area (Å²) >= 11 is 0. The maximum atomic E-state index is 12.1. The van der Waals surface area contributed by atoms with E-state index in [-0.39, 0.29) is 5.91 Å². The van der Waals surface area contributed by atoms with Crippen LogP contribution in [-0.2, 0) is 14.4 Å². The molecule has 1 unspecified atom stereocenters. The van der Waals surface area contributed by atoms with Crippen LogP contribution < -0.4 is 15.5 Å². The SMILES string of the molecule is O=C(Nc1ccc(-c2ccnc(Nc3ccc(N4CCOCC4)cc3)n2)cc1)C1CC=NO1. The summed E-state index contributed by atoms with van der Waals surface area (Å²) in [5.41, 5.74) is 4.48. The summed E-state index contributed by atoms with van der Waals surface area (Å²) in [4.78, 5) is 28.4. The Bertz CT molecular complexity index is 1120. The fourth-order valence-electron chi connectivity index (χ4n) is 3.69. The van der Waals surface area contributed by atoms with Crippen LogP contribution in [0.2, 0.25) is 0 Å². The highest BCUT2D eigenvalue weighted by atomic mass is 16.6. The van der Waals surface area contributed by atoms with E-state index in [1.807, 2.05) is 42.5 Å². The molecule has 168 valence electrons. The van der Waals surface area contributed by atoms with Crippen LogP contribution in [0.15, 0.2) is 65.9 Å². The van der Waals surface area contributed by atoms with E-state index in [1.165, 1.54) is 5.69 Å². The van der Waals surface area contributed by atoms with Crippen LogP contribution in [0, 0.1) is 0 Å². The van der Waals surface area contributed by atoms with E-state index in [0.29, 0.717) is 18.1 Å². The Hall–Kier alpha value is -3.98. The van der Waals surface area contributed by atoms with Gasteiger partial charge in [-0.2, -0.15) is 0 Å². The van der Waals surface area contributed by atoms with Gasteiger partial charge in [-0.25, -0.2) is 9.97 Å². The van der Waals surface area contributed by atoms with Crippen molar-refractivity contribution in [1.82, 2.24) is 9.97 Å². The Labute approximate surface area is 191 Å². The lowest BCUT2D eigenvalue weighted by molar-refractivity contribution is -0.125. The summed E-state index contributed by atoms with van der Waals surface area (Å²) in [6.45, 7) is 3.34. The predicted molar refractivity (Wildman–Crippen MR) is 127 cm³/mol. The normalized spacial score (nSPS) is 17.5. The van der Waals surface area contributed by atoms with Crippen LogP contribution in [-0.4, -0.2) is 54.5 Å². The van der Waals surface area contributed by atoms with E-state index in [2.05, 4.69) is 42.8 Å². The minimum atomic E-state index is -0.567. The molecule has 2 aliphatic rings. The lowest BCUT2D eigenvalue weighted by Gasteiger charge is -2.28. The highest BCUT2D eigenvalue weighted by Gasteiger charge is 2.22. The number of carbonyl (C=O) groups excluding carboxylic acids is 1. The Morgan fingerprint density at radius 1 is 0.970 bits per heavy atom. The second-order valence-electron chi connectivity index (χ2n) is 7.72. The third-order valence-electron chi connectivity index (χ3n) is 5.48. The second-order valence-corrected chi connectivity index (χ2v) is 7.72. The quantitative estimate of drug-likeness (QED) is 0.601. The number of hydrogen-bond donors (Lipinski definition) is 2. The molecule has 1 aromatic heterocycles. The van der Waals surface area contributed by atoms with Crippen molar-refractivity contribution in [3.05, 3.63) is 60.8 Å². The fraction of sp³-hybridized carbons (Fsp3) is 0.250. The Morgan fingerprint density at radius 2 is 1.73 bits per heavy atom. The summed E-state index contributed by atoms with van der Waals surface area (Å²) in [6.07, 6.45) is 3.23. The van der Waals surface area contributed by atoms with Crippen molar-refractivity contribution in [1.29, 1.82) is 0 Å². The number of carbonyl (C=O) groups is 1. The van der Waals surface area contributed by atoms with Gasteiger partial charge in [0.1, 0.15) is 0 Å². The Balaban J connectivity index is 1.23. The maximum Gasteiger partial charge on any atom is 0.268 e. The summed E-state index contributed by atoms with van der Waals surface area (Å²) in [6, 6.07) is 17.6. The van der Waals surface area contributed by atoms with Gasteiger partial charge in [0.15, 0.2) is 0 Å². The number of rotatable bonds is 6. The summed E-state index contributed by atoms with van der Waals surface area (Å²) in [7, 11) is 0. The fourth-order valence-corrected chi connectivity index (χ4v) is 3.69. The molecule has 1 amide bonds. The van der Waals surface area contributed by atoms with Crippen molar-refractivity contribution in [3.8, 4) is 11.3 Å². The third kappa shape index (κ3) is 5.09. The molecule has 0 bridgehead atoms. The Kier molecular flexibility index (Phi) is 6.12. The monoisotopic (exact) mass is 444 g/mol. The lowest BCUT2D eigenvalue weighted by atomic mass is 10.1. The molecule has 1 atom stereocenters. The highest BCUT2D eigenvalue weighted by Crippen LogP contribution is 2.23. The molecule has 3 aromatic rings. The Morgan fingerprint density at radius 3 is 2.45 bits per heavy atom. The zero-order valence-corrected chi connectivity index (χ0v) is 18.0. The van der Waals surface area contributed by atoms with Crippen molar-refractivity contribution in [2.45, 2.75) is 12.5 Å². The number of nitrogens with one attached hydrogen (secondary N) is 2. The summed E-state index contributed by atoms with van der Waals surface area (Å²) < 4.78 is 5.42. The van der Waals surface area contributed by atoms with Gasteiger partial charge in [-0.15, -0.1) is 0 Å². The van der Waals surface area contributed by atoms with Crippen molar-refractivity contribution in [2.75, 3.05) is 41.8 Å². The molecule has 33 heavy (non-hydrogen) atoms. The first kappa shape index (κ1) is 20.9. The molecule has 2 aliphatic heterocycles. The molecule has 5 rings (SSSR count). The first-order valence-electron chi connectivity index (χ1n) is 10.9. The van der Waals surface area contributed by atoms with E-state index in [9.17, 15) is 4.79 Å². The molecule has 2 N–H and O–H groups in total. The third-order valence-corrected chi connectivity index (χ3v) is 5.48. The molecule has 3 heterocycles. The van der Waals surface area contributed by atoms with Gasteiger partial charge >= 0.3 is 0 Å². The topological polar surface area (TPSA) is 101 Å². The number of hydrogen-bond acceptors (Lipinski definition) is 8. The van der Waals surface area contributed by atoms with E-state index < -0.39 is 6.10 Å². The van der Waals surface area contributed by atoms with Gasteiger partial charge in [0.2, 0.25) is 12.1 Å². The molecule has 0 aliphatic carbocycles. The van der Waals surface area contributed by atoms with Crippen LogP contribution in [0.1, 0.15) is 6.42 Å². The number of ether oxygens (including phenoxy) is 1. The zero-order valence-electron chi connectivity index (χ0n) is 18.0. The van der Waals surface area contributed by atoms with Crippen LogP contribution in [0.3, 0.4) is 0 Å². The molecule has 9 nitrogen and oxygen atoms in total. The van der Waals surface area contributed by atoms with E-state index in [4.69, 9.17) is 9.57 Å². The van der Waals surface area contributed by atoms with Gasteiger partial charge < -0.3 is 25.1 Å². The first-order chi connectivity index (χ1) is 16.2. The van der Waals surface area contributed by atoms with Crippen molar-refractivity contribution >= 4 is 35.1 Å². The standard InChI is InChI=1S/C24H24N6O3/c31-23(22-10-12-26-33-22)27-18-3-1-17(2-4-18)21-9-11-25-24(29-21)28-19-5-7-20(8-6-19)30-13-15-32-16-14-30/h1-9,11-12,22H,10,13-16H2,(H,27,31)(H,25,28,29). The summed E-state index contributed by atoms with van der Waals surface area (Å²) in [5.74, 6) is 0.302. The summed E-state index contributed by atoms with van der Waals surface area (Å²) in [5, 5.41) is 9.73. The minimum Gasteiger partial charge on any atom is -0.382 e. The first-order valence-corrected chi connectivity index (χ1v) is 10.9. The molecule has 0 saturated carbocycles. The molecule has 1 fully saturated rings. The molecule has 0 spiro atoms. The van der Waals surface area contributed by atoms with Gasteiger partial charge in [0, 0.05) is 54.5 Å². The van der Waals surface area contributed by atoms with Gasteiger partial charge in [0.05, 0.1) is 18.9 Å². The number of oxime groups is 1. The highest BCUT2D eigenvalue weighted by molar-refractivity contribution is 5.96. The number of anilines is 4. The van der Waals surface area contributed by atoms with E-state index in [1.54, 1.807) is 12.4 Å². The van der Waals surface area contributed by atoms with Gasteiger partial charge in [-0.05, 0) is 42.5 Å². The van der Waals surface area contributed by atoms with Crippen molar-refractivity contribution in [3.63, 3.8) is 0 Å². The smallest absolute Gasteiger partial charge is 0.268 e. The van der Waals surface area contributed by atoms with Crippen LogP contribution in [0.25, 0.3) is 11.3 Å². The number of nitrogens with zero attached hydrogens (tertiary/aromatic N) is 4. The van der Waals surface area contributed by atoms with E-state index >= 15 is 0 Å². The number of morpholine rings is 1. The second kappa shape index (κ2) is 9.66. The molecule has 9 heteroatoms. The predicted octanol–water partition coefficient (Wildman–Crippen LogP) is 3.44. The maximum absolute atomic E-state index is 12.1. The number of amides is 1. The molecule has 0 radical (unpaired) electrons. The molecule has 2 aromatic carbocycles. The minimum absolute atomic E-state index is 0.214. The lowest BCUT2D eigenvalue weighted by Crippen LogP contribution is -2.36.